The number of allylic oxidation sites excluding steroid dienone is 3. The van der Waals surface area contributed by atoms with Gasteiger partial charge in [-0.15, -0.1) is 0 Å². The number of rotatable bonds is 8. The van der Waals surface area contributed by atoms with Gasteiger partial charge in [-0.05, 0) is 19.3 Å². The maximum Gasteiger partial charge on any atom is 0.0697 e. The van der Waals surface area contributed by atoms with Crippen LogP contribution in [-0.4, -0.2) is 24.9 Å². The zero-order chi connectivity index (χ0) is 9.07. The number of ether oxygens (including phenoxy) is 1. The van der Waals surface area contributed by atoms with Gasteiger partial charge in [-0.25, -0.2) is 0 Å². The van der Waals surface area contributed by atoms with Crippen LogP contribution in [0.15, 0.2) is 24.8 Å². The molecule has 0 aliphatic rings. The summed E-state index contributed by atoms with van der Waals surface area (Å²) in [7, 11) is 0. The van der Waals surface area contributed by atoms with Gasteiger partial charge < -0.3 is 9.84 Å². The third-order valence-corrected chi connectivity index (χ3v) is 1.42. The fourth-order valence-electron chi connectivity index (χ4n) is 0.825. The van der Waals surface area contributed by atoms with Gasteiger partial charge in [0.05, 0.1) is 13.2 Å². The van der Waals surface area contributed by atoms with Gasteiger partial charge in [0.25, 0.3) is 0 Å². The molecule has 70 valence electrons. The van der Waals surface area contributed by atoms with Gasteiger partial charge in [0.15, 0.2) is 0 Å². The molecule has 0 aromatic rings. The summed E-state index contributed by atoms with van der Waals surface area (Å²) in [5.74, 6) is 0. The lowest BCUT2D eigenvalue weighted by atomic mass is 10.2. The Morgan fingerprint density at radius 1 is 1.25 bits per heavy atom. The van der Waals surface area contributed by atoms with E-state index in [1.807, 2.05) is 6.08 Å². The molecular weight excluding hydrogens is 152 g/mol. The van der Waals surface area contributed by atoms with Crippen molar-refractivity contribution in [2.24, 2.45) is 0 Å². The topological polar surface area (TPSA) is 29.5 Å². The molecule has 0 aliphatic heterocycles. The molecule has 0 aromatic heterocycles. The van der Waals surface area contributed by atoms with Crippen LogP contribution in [0, 0.1) is 0 Å². The highest BCUT2D eigenvalue weighted by Gasteiger charge is 1.86. The molecule has 0 bridgehead atoms. The van der Waals surface area contributed by atoms with Gasteiger partial charge in [-0.3, -0.25) is 0 Å². The average molecular weight is 170 g/mol. The monoisotopic (exact) mass is 170 g/mol. The van der Waals surface area contributed by atoms with Crippen molar-refractivity contribution >= 4 is 0 Å². The van der Waals surface area contributed by atoms with Crippen molar-refractivity contribution in [3.8, 4) is 0 Å². The molecule has 0 unspecified atom stereocenters. The number of aliphatic hydroxyl groups is 1. The van der Waals surface area contributed by atoms with E-state index < -0.39 is 0 Å². The van der Waals surface area contributed by atoms with Crippen molar-refractivity contribution < 1.29 is 9.84 Å². The van der Waals surface area contributed by atoms with Gasteiger partial charge >= 0.3 is 0 Å². The molecule has 2 heteroatoms. The summed E-state index contributed by atoms with van der Waals surface area (Å²) in [6.45, 7) is 4.91. The number of aliphatic hydroxyl groups excluding tert-OH is 1. The number of hydrogen-bond donors (Lipinski definition) is 1. The molecule has 1 N–H and O–H groups in total. The second kappa shape index (κ2) is 10.4. The maximum absolute atomic E-state index is 8.39. The third kappa shape index (κ3) is 9.40. The molecule has 0 rings (SSSR count). The van der Waals surface area contributed by atoms with Crippen molar-refractivity contribution in [2.45, 2.75) is 19.3 Å². The summed E-state index contributed by atoms with van der Waals surface area (Å²) < 4.78 is 5.10. The van der Waals surface area contributed by atoms with Gasteiger partial charge in [-0.1, -0.05) is 24.8 Å². The Balaban J connectivity index is 2.90. The standard InChI is InChI=1S/C10H18O2/c1-2-3-4-5-6-7-9-12-10-8-11/h2-4,11H,1,5-10H2/b4-3+. The lowest BCUT2D eigenvalue weighted by Gasteiger charge is -1.99. The predicted octanol–water partition coefficient (Wildman–Crippen LogP) is 1.91. The minimum absolute atomic E-state index is 0.121. The van der Waals surface area contributed by atoms with E-state index in [-0.39, 0.29) is 6.61 Å². The Morgan fingerprint density at radius 3 is 2.75 bits per heavy atom. The van der Waals surface area contributed by atoms with Gasteiger partial charge in [0, 0.05) is 6.61 Å². The normalized spacial score (nSPS) is 10.8. The first kappa shape index (κ1) is 11.4. The molecule has 0 spiro atoms. The Morgan fingerprint density at radius 2 is 2.08 bits per heavy atom. The van der Waals surface area contributed by atoms with Crippen molar-refractivity contribution in [2.75, 3.05) is 19.8 Å². The van der Waals surface area contributed by atoms with Crippen molar-refractivity contribution in [3.05, 3.63) is 24.8 Å². The largest absolute Gasteiger partial charge is 0.394 e. The number of unbranched alkanes of at least 4 members (excludes halogenated alkanes) is 2. The van der Waals surface area contributed by atoms with E-state index in [0.717, 1.165) is 25.9 Å². The molecule has 0 atom stereocenters. The molecule has 0 radical (unpaired) electrons. The van der Waals surface area contributed by atoms with Gasteiger partial charge in [-0.2, -0.15) is 0 Å². The van der Waals surface area contributed by atoms with Crippen LogP contribution in [0.1, 0.15) is 19.3 Å². The molecule has 0 aliphatic carbocycles. The second-order valence-electron chi connectivity index (χ2n) is 2.50. The molecular formula is C10H18O2. The first-order valence-corrected chi connectivity index (χ1v) is 4.38. The Hall–Kier alpha value is -0.600. The van der Waals surface area contributed by atoms with Gasteiger partial charge in [0.2, 0.25) is 0 Å². The van der Waals surface area contributed by atoms with Crippen molar-refractivity contribution in [1.29, 1.82) is 0 Å². The van der Waals surface area contributed by atoms with E-state index in [4.69, 9.17) is 9.84 Å². The second-order valence-corrected chi connectivity index (χ2v) is 2.50. The summed E-state index contributed by atoms with van der Waals surface area (Å²) >= 11 is 0. The Bertz CT molecular complexity index is 119. The Kier molecular flexibility index (Phi) is 9.88. The first-order valence-electron chi connectivity index (χ1n) is 4.38. The van der Waals surface area contributed by atoms with Crippen LogP contribution in [0.25, 0.3) is 0 Å². The van der Waals surface area contributed by atoms with Crippen LogP contribution in [0.4, 0.5) is 0 Å². The smallest absolute Gasteiger partial charge is 0.0697 e. The highest BCUT2D eigenvalue weighted by Crippen LogP contribution is 1.96. The summed E-state index contributed by atoms with van der Waals surface area (Å²) in [4.78, 5) is 0. The van der Waals surface area contributed by atoms with E-state index in [1.54, 1.807) is 6.08 Å². The highest BCUT2D eigenvalue weighted by molar-refractivity contribution is 4.96. The van der Waals surface area contributed by atoms with Crippen molar-refractivity contribution in [3.63, 3.8) is 0 Å². The third-order valence-electron chi connectivity index (χ3n) is 1.42. The average Bonchev–Trinajstić information content (AvgIpc) is 2.10. The molecule has 0 heterocycles. The summed E-state index contributed by atoms with van der Waals surface area (Å²) in [6.07, 6.45) is 9.10. The Labute approximate surface area is 74.6 Å². The van der Waals surface area contributed by atoms with E-state index in [9.17, 15) is 0 Å². The molecule has 0 fully saturated rings. The van der Waals surface area contributed by atoms with E-state index >= 15 is 0 Å². The van der Waals surface area contributed by atoms with Gasteiger partial charge in [0.1, 0.15) is 0 Å². The van der Waals surface area contributed by atoms with Crippen LogP contribution in [0.3, 0.4) is 0 Å². The van der Waals surface area contributed by atoms with Crippen molar-refractivity contribution in [1.82, 2.24) is 0 Å². The summed E-state index contributed by atoms with van der Waals surface area (Å²) in [6, 6.07) is 0. The fourth-order valence-corrected chi connectivity index (χ4v) is 0.825. The number of hydrogen-bond acceptors (Lipinski definition) is 2. The molecule has 0 saturated heterocycles. The minimum atomic E-state index is 0.121. The summed E-state index contributed by atoms with van der Waals surface area (Å²) in [5.41, 5.74) is 0. The zero-order valence-corrected chi connectivity index (χ0v) is 7.54. The lowest BCUT2D eigenvalue weighted by molar-refractivity contribution is 0.0900. The fraction of sp³-hybridized carbons (Fsp3) is 0.600. The van der Waals surface area contributed by atoms with Crippen LogP contribution < -0.4 is 0 Å². The van der Waals surface area contributed by atoms with Crippen LogP contribution in [0.5, 0.6) is 0 Å². The lowest BCUT2D eigenvalue weighted by Crippen LogP contribution is -2.00. The molecule has 0 aromatic carbocycles. The predicted molar refractivity (Wildman–Crippen MR) is 51.1 cm³/mol. The first-order chi connectivity index (χ1) is 5.91. The molecule has 12 heavy (non-hydrogen) atoms. The molecule has 0 amide bonds. The van der Waals surface area contributed by atoms with Crippen LogP contribution in [0.2, 0.25) is 0 Å². The van der Waals surface area contributed by atoms with E-state index in [2.05, 4.69) is 12.7 Å². The molecule has 0 saturated carbocycles. The minimum Gasteiger partial charge on any atom is -0.394 e. The van der Waals surface area contributed by atoms with Crippen LogP contribution in [-0.2, 0) is 4.74 Å². The van der Waals surface area contributed by atoms with E-state index in [0.29, 0.717) is 6.61 Å². The zero-order valence-electron chi connectivity index (χ0n) is 7.54. The molecule has 2 nitrogen and oxygen atoms in total. The summed E-state index contributed by atoms with van der Waals surface area (Å²) in [5, 5.41) is 8.39. The van der Waals surface area contributed by atoms with E-state index in [1.165, 1.54) is 0 Å². The highest BCUT2D eigenvalue weighted by atomic mass is 16.5. The maximum atomic E-state index is 8.39. The quantitative estimate of drug-likeness (QED) is 0.445. The van der Waals surface area contributed by atoms with Crippen LogP contribution >= 0.6 is 0 Å². The SMILES string of the molecule is C=C/C=C/CCCCOCCO.